The molecule has 150 valence electrons. The zero-order valence-corrected chi connectivity index (χ0v) is 14.3. The van der Waals surface area contributed by atoms with Crippen molar-refractivity contribution in [2.24, 2.45) is 0 Å². The number of nitrogens with one attached hydrogen (secondary N) is 1. The van der Waals surface area contributed by atoms with Gasteiger partial charge in [-0.05, 0) is 19.1 Å². The van der Waals surface area contributed by atoms with Crippen LogP contribution in [0.4, 0.5) is 0 Å². The van der Waals surface area contributed by atoms with Crippen LogP contribution in [-0.2, 0) is 19.2 Å². The van der Waals surface area contributed by atoms with Crippen LogP contribution >= 0.6 is 0 Å². The number of benzene rings is 1. The predicted molar refractivity (Wildman–Crippen MR) is 89.2 cm³/mol. The molecule has 0 aliphatic heterocycles. The average Bonchev–Trinajstić information content (AvgIpc) is 2.53. The van der Waals surface area contributed by atoms with E-state index in [9.17, 15) is 19.2 Å². The lowest BCUT2D eigenvalue weighted by atomic mass is 10.1. The third-order valence-corrected chi connectivity index (χ3v) is 2.81. The van der Waals surface area contributed by atoms with Gasteiger partial charge in [-0.25, -0.2) is 0 Å². The van der Waals surface area contributed by atoms with Crippen LogP contribution in [0.25, 0.3) is 0 Å². The molecule has 27 heavy (non-hydrogen) atoms. The summed E-state index contributed by atoms with van der Waals surface area (Å²) in [6, 6.07) is 5.89. The molecular formula is C16H21NO10. The molecule has 11 heteroatoms. The summed E-state index contributed by atoms with van der Waals surface area (Å²) in [6.07, 6.45) is -2.43. The number of rotatable bonds is 10. The van der Waals surface area contributed by atoms with Crippen LogP contribution in [0.2, 0.25) is 0 Å². The highest BCUT2D eigenvalue weighted by atomic mass is 16.6. The minimum Gasteiger partial charge on any atom is -0.481 e. The highest BCUT2D eigenvalue weighted by Gasteiger charge is 2.29. The number of aliphatic hydroxyl groups excluding tert-OH is 1. The number of aliphatic carboxylic acids is 4. The van der Waals surface area contributed by atoms with Crippen molar-refractivity contribution >= 4 is 23.9 Å². The number of ether oxygens (including phenoxy) is 1. The molecule has 0 spiro atoms. The molecule has 1 aromatic carbocycles. The fraction of sp³-hybridized carbons (Fsp3) is 0.375. The second kappa shape index (κ2) is 12.2. The van der Waals surface area contributed by atoms with Crippen molar-refractivity contribution in [3.8, 4) is 5.75 Å². The smallest absolute Gasteiger partial charge is 0.321 e. The summed E-state index contributed by atoms with van der Waals surface area (Å²) in [4.78, 5) is 41.9. The second-order valence-corrected chi connectivity index (χ2v) is 5.17. The van der Waals surface area contributed by atoms with Gasteiger partial charge >= 0.3 is 23.9 Å². The molecule has 3 atom stereocenters. The lowest BCUT2D eigenvalue weighted by molar-refractivity contribution is -0.150. The van der Waals surface area contributed by atoms with Crippen LogP contribution in [0.3, 0.4) is 0 Å². The van der Waals surface area contributed by atoms with Crippen molar-refractivity contribution in [3.63, 3.8) is 0 Å². The van der Waals surface area contributed by atoms with Crippen molar-refractivity contribution in [1.29, 1.82) is 0 Å². The predicted octanol–water partition coefficient (Wildman–Crippen LogP) is -0.164. The van der Waals surface area contributed by atoms with Crippen molar-refractivity contribution in [2.45, 2.75) is 38.1 Å². The van der Waals surface area contributed by atoms with E-state index in [-0.39, 0.29) is 0 Å². The van der Waals surface area contributed by atoms with E-state index in [0.29, 0.717) is 5.75 Å². The van der Waals surface area contributed by atoms with Gasteiger partial charge < -0.3 is 30.3 Å². The first-order chi connectivity index (χ1) is 12.5. The number of hydrogen-bond donors (Lipinski definition) is 6. The first kappa shape index (κ1) is 23.8. The van der Waals surface area contributed by atoms with Crippen molar-refractivity contribution in [2.75, 3.05) is 0 Å². The number of aliphatic hydroxyl groups is 1. The molecule has 1 rings (SSSR count). The van der Waals surface area contributed by atoms with Gasteiger partial charge in [0.25, 0.3) is 0 Å². The van der Waals surface area contributed by atoms with Crippen LogP contribution in [0.5, 0.6) is 5.75 Å². The van der Waals surface area contributed by atoms with E-state index in [1.54, 1.807) is 19.1 Å². The Morgan fingerprint density at radius 1 is 0.889 bits per heavy atom. The van der Waals surface area contributed by atoms with E-state index in [4.69, 9.17) is 30.3 Å². The molecule has 0 aliphatic rings. The van der Waals surface area contributed by atoms with Gasteiger partial charge in [-0.15, -0.1) is 0 Å². The molecule has 0 aliphatic carbocycles. The second-order valence-electron chi connectivity index (χ2n) is 5.17. The van der Waals surface area contributed by atoms with Gasteiger partial charge in [-0.3, -0.25) is 24.5 Å². The van der Waals surface area contributed by atoms with Gasteiger partial charge in [0.1, 0.15) is 17.8 Å². The van der Waals surface area contributed by atoms with Crippen molar-refractivity contribution in [1.82, 2.24) is 5.32 Å². The fourth-order valence-corrected chi connectivity index (χ4v) is 1.72. The largest absolute Gasteiger partial charge is 0.481 e. The van der Waals surface area contributed by atoms with E-state index in [1.807, 2.05) is 23.5 Å². The van der Waals surface area contributed by atoms with E-state index >= 15 is 0 Å². The highest BCUT2D eigenvalue weighted by Crippen LogP contribution is 2.09. The maximum Gasteiger partial charge on any atom is 0.321 e. The van der Waals surface area contributed by atoms with Crippen molar-refractivity contribution in [3.05, 3.63) is 30.3 Å². The molecule has 1 aromatic rings. The standard InChI is InChI=1S/C8H11NO8.C8H10O2/c10-5(11)1-3(7(14)15)9-4(8(16)17)2-6(12)13;1-7(9)10-8-5-3-2-4-6-8/h3-4,9H,1-2H2,(H,10,11)(H,12,13)(H,14,15)(H,16,17);2-7,9H,1H3. The minimum absolute atomic E-state index is 0.692. The fourth-order valence-electron chi connectivity index (χ4n) is 1.72. The van der Waals surface area contributed by atoms with Crippen LogP contribution in [0.1, 0.15) is 19.8 Å². The Bertz CT molecular complexity index is 599. The lowest BCUT2D eigenvalue weighted by Crippen LogP contribution is -2.48. The highest BCUT2D eigenvalue weighted by molar-refractivity contribution is 5.84. The summed E-state index contributed by atoms with van der Waals surface area (Å²) in [6.45, 7) is 1.58. The summed E-state index contributed by atoms with van der Waals surface area (Å²) in [7, 11) is 0. The number of carboxylic acid groups (broad SMARTS) is 4. The topological polar surface area (TPSA) is 191 Å². The molecule has 11 nitrogen and oxygen atoms in total. The summed E-state index contributed by atoms with van der Waals surface area (Å²) in [5.74, 6) is -5.32. The van der Waals surface area contributed by atoms with E-state index in [0.717, 1.165) is 0 Å². The Balaban J connectivity index is 0.000000569. The molecule has 0 heterocycles. The van der Waals surface area contributed by atoms with Gasteiger partial charge in [0.15, 0.2) is 6.29 Å². The molecule has 0 saturated heterocycles. The average molecular weight is 387 g/mol. The van der Waals surface area contributed by atoms with Crippen LogP contribution < -0.4 is 10.1 Å². The number of hydrogen-bond acceptors (Lipinski definition) is 7. The Morgan fingerprint density at radius 3 is 1.59 bits per heavy atom. The lowest BCUT2D eigenvalue weighted by Gasteiger charge is -2.17. The molecule has 0 amide bonds. The Labute approximate surface area is 153 Å². The van der Waals surface area contributed by atoms with Crippen molar-refractivity contribution < 1.29 is 49.4 Å². The number of para-hydroxylation sites is 1. The maximum atomic E-state index is 10.6. The third kappa shape index (κ3) is 11.9. The minimum atomic E-state index is -1.66. The first-order valence-corrected chi connectivity index (χ1v) is 7.58. The zero-order chi connectivity index (χ0) is 21.0. The molecule has 0 aromatic heterocycles. The Kier molecular flexibility index (Phi) is 10.8. The number of carboxylic acids is 4. The van der Waals surface area contributed by atoms with E-state index < -0.39 is 55.1 Å². The summed E-state index contributed by atoms with van der Waals surface area (Å²) in [5, 5.41) is 44.8. The van der Waals surface area contributed by atoms with Gasteiger partial charge in [0.05, 0.1) is 12.8 Å². The molecule has 0 radical (unpaired) electrons. The van der Waals surface area contributed by atoms with Crippen LogP contribution in [-0.4, -0.2) is 67.8 Å². The molecule has 0 bridgehead atoms. The normalized spacial score (nSPS) is 13.3. The van der Waals surface area contributed by atoms with Gasteiger partial charge in [0, 0.05) is 0 Å². The van der Waals surface area contributed by atoms with Crippen LogP contribution in [0, 0.1) is 0 Å². The molecular weight excluding hydrogens is 366 g/mol. The monoisotopic (exact) mass is 387 g/mol. The summed E-state index contributed by atoms with van der Waals surface area (Å²) in [5.41, 5.74) is 0. The SMILES string of the molecule is CC(O)Oc1ccccc1.O=C(O)CC(NC(CC(=O)O)C(=O)O)C(=O)O. The quantitative estimate of drug-likeness (QED) is 0.292. The maximum absolute atomic E-state index is 10.6. The third-order valence-electron chi connectivity index (χ3n) is 2.81. The molecule has 6 N–H and O–H groups in total. The molecule has 0 fully saturated rings. The van der Waals surface area contributed by atoms with Crippen LogP contribution in [0.15, 0.2) is 30.3 Å². The summed E-state index contributed by atoms with van der Waals surface area (Å²) < 4.78 is 4.97. The zero-order valence-electron chi connectivity index (χ0n) is 14.3. The van der Waals surface area contributed by atoms with Gasteiger partial charge in [-0.1, -0.05) is 18.2 Å². The van der Waals surface area contributed by atoms with Gasteiger partial charge in [-0.2, -0.15) is 0 Å². The van der Waals surface area contributed by atoms with E-state index in [1.165, 1.54) is 0 Å². The number of carbonyl (C=O) groups is 4. The summed E-state index contributed by atoms with van der Waals surface area (Å²) >= 11 is 0. The van der Waals surface area contributed by atoms with E-state index in [2.05, 4.69) is 0 Å². The first-order valence-electron chi connectivity index (χ1n) is 7.58. The molecule has 3 unspecified atom stereocenters. The molecule has 0 saturated carbocycles. The van der Waals surface area contributed by atoms with Gasteiger partial charge in [0.2, 0.25) is 0 Å². The Hall–Kier alpha value is -3.18. The Morgan fingerprint density at radius 2 is 1.30 bits per heavy atom.